The number of hydrogen-bond acceptors (Lipinski definition) is 3. The molecule has 0 saturated heterocycles. The van der Waals surface area contributed by atoms with E-state index in [-0.39, 0.29) is 6.04 Å². The van der Waals surface area contributed by atoms with Gasteiger partial charge < -0.3 is 15.0 Å². The Balaban J connectivity index is 2.05. The van der Waals surface area contributed by atoms with E-state index in [0.29, 0.717) is 0 Å². The minimum atomic E-state index is -0.247. The molecule has 0 aliphatic carbocycles. The third-order valence-corrected chi connectivity index (χ3v) is 3.75. The lowest BCUT2D eigenvalue weighted by Crippen LogP contribution is -2.17. The van der Waals surface area contributed by atoms with Gasteiger partial charge >= 0.3 is 0 Å². The summed E-state index contributed by atoms with van der Waals surface area (Å²) in [4.78, 5) is 4.71. The molecule has 2 aromatic carbocycles. The number of ether oxygens (including phenoxy) is 1. The number of methoxy groups -OCH3 is 1. The highest BCUT2D eigenvalue weighted by Crippen LogP contribution is 2.25. The molecule has 3 rings (SSSR count). The van der Waals surface area contributed by atoms with Crippen LogP contribution in [0.25, 0.3) is 11.0 Å². The van der Waals surface area contributed by atoms with Gasteiger partial charge in [-0.15, -0.1) is 0 Å². The van der Waals surface area contributed by atoms with E-state index in [9.17, 15) is 0 Å². The topological polar surface area (TPSA) is 53.1 Å². The maximum Gasteiger partial charge on any atom is 0.131 e. The van der Waals surface area contributed by atoms with E-state index >= 15 is 0 Å². The molecule has 0 radical (unpaired) electrons. The van der Waals surface area contributed by atoms with Crippen LogP contribution in [0.5, 0.6) is 5.75 Å². The molecular formula is C17H19N3O. The average molecular weight is 281 g/mol. The van der Waals surface area contributed by atoms with Crippen molar-refractivity contribution < 1.29 is 4.74 Å². The number of benzene rings is 2. The van der Waals surface area contributed by atoms with Crippen LogP contribution in [0.4, 0.5) is 0 Å². The van der Waals surface area contributed by atoms with Gasteiger partial charge in [0, 0.05) is 6.54 Å². The molecule has 1 heterocycles. The summed E-state index contributed by atoms with van der Waals surface area (Å²) in [6.07, 6.45) is 0. The highest BCUT2D eigenvalue weighted by Gasteiger charge is 2.17. The lowest BCUT2D eigenvalue weighted by atomic mass is 10.1. The lowest BCUT2D eigenvalue weighted by Gasteiger charge is -2.14. The van der Waals surface area contributed by atoms with Crippen molar-refractivity contribution in [2.45, 2.75) is 19.5 Å². The Morgan fingerprint density at radius 2 is 1.86 bits per heavy atom. The fourth-order valence-corrected chi connectivity index (χ4v) is 2.62. The molecule has 0 fully saturated rings. The van der Waals surface area contributed by atoms with E-state index in [1.165, 1.54) is 0 Å². The van der Waals surface area contributed by atoms with Gasteiger partial charge in [0.05, 0.1) is 24.2 Å². The van der Waals surface area contributed by atoms with Crippen molar-refractivity contribution >= 4 is 11.0 Å². The highest BCUT2D eigenvalue weighted by atomic mass is 16.5. The summed E-state index contributed by atoms with van der Waals surface area (Å²) in [5.41, 5.74) is 9.56. The Morgan fingerprint density at radius 1 is 1.14 bits per heavy atom. The Hall–Kier alpha value is -2.33. The molecule has 0 amide bonds. The van der Waals surface area contributed by atoms with Crippen molar-refractivity contribution in [3.8, 4) is 5.75 Å². The van der Waals surface area contributed by atoms with Crippen molar-refractivity contribution in [1.82, 2.24) is 9.55 Å². The zero-order valence-electron chi connectivity index (χ0n) is 12.3. The second kappa shape index (κ2) is 5.58. The molecule has 4 nitrogen and oxygen atoms in total. The molecule has 0 bridgehead atoms. The Labute approximate surface area is 124 Å². The molecule has 0 saturated carbocycles. The predicted molar refractivity (Wildman–Crippen MR) is 84.4 cm³/mol. The summed E-state index contributed by atoms with van der Waals surface area (Å²) >= 11 is 0. The van der Waals surface area contributed by atoms with E-state index in [1.807, 2.05) is 42.5 Å². The number of nitrogens with zero attached hydrogens (tertiary/aromatic N) is 2. The van der Waals surface area contributed by atoms with Gasteiger partial charge in [0.1, 0.15) is 11.6 Å². The molecule has 0 spiro atoms. The average Bonchev–Trinajstić information content (AvgIpc) is 2.92. The third kappa shape index (κ3) is 2.38. The van der Waals surface area contributed by atoms with Crippen LogP contribution in [0.3, 0.4) is 0 Å². The molecule has 3 aromatic rings. The fourth-order valence-electron chi connectivity index (χ4n) is 2.62. The summed E-state index contributed by atoms with van der Waals surface area (Å²) in [5, 5.41) is 0. The third-order valence-electron chi connectivity index (χ3n) is 3.75. The first-order valence-electron chi connectivity index (χ1n) is 7.09. The first-order chi connectivity index (χ1) is 10.2. The molecule has 1 atom stereocenters. The van der Waals surface area contributed by atoms with Crippen LogP contribution < -0.4 is 10.5 Å². The monoisotopic (exact) mass is 281 g/mol. The number of para-hydroxylation sites is 2. The van der Waals surface area contributed by atoms with E-state index in [0.717, 1.165) is 34.7 Å². The summed E-state index contributed by atoms with van der Waals surface area (Å²) in [6, 6.07) is 15.7. The van der Waals surface area contributed by atoms with Gasteiger partial charge in [-0.1, -0.05) is 24.3 Å². The second-order valence-electron chi connectivity index (χ2n) is 4.95. The van der Waals surface area contributed by atoms with Crippen molar-refractivity contribution in [3.05, 3.63) is 59.9 Å². The van der Waals surface area contributed by atoms with Crippen molar-refractivity contribution in [2.75, 3.05) is 7.11 Å². The van der Waals surface area contributed by atoms with Crippen molar-refractivity contribution in [3.63, 3.8) is 0 Å². The number of aryl methyl sites for hydroxylation is 1. The largest absolute Gasteiger partial charge is 0.497 e. The summed E-state index contributed by atoms with van der Waals surface area (Å²) in [6.45, 7) is 2.96. The Kier molecular flexibility index (Phi) is 3.62. The molecule has 108 valence electrons. The van der Waals surface area contributed by atoms with Gasteiger partial charge in [-0.25, -0.2) is 4.98 Å². The summed E-state index contributed by atoms with van der Waals surface area (Å²) in [7, 11) is 1.66. The first kappa shape index (κ1) is 13.6. The van der Waals surface area contributed by atoms with Crippen molar-refractivity contribution in [1.29, 1.82) is 0 Å². The molecule has 21 heavy (non-hydrogen) atoms. The summed E-state index contributed by atoms with van der Waals surface area (Å²) in [5.74, 6) is 1.72. The van der Waals surface area contributed by atoms with E-state index < -0.39 is 0 Å². The van der Waals surface area contributed by atoms with Crippen LogP contribution in [-0.2, 0) is 6.54 Å². The highest BCUT2D eigenvalue weighted by molar-refractivity contribution is 5.76. The van der Waals surface area contributed by atoms with Crippen molar-refractivity contribution in [2.24, 2.45) is 5.73 Å². The Bertz CT molecular complexity index is 746. The minimum absolute atomic E-state index is 0.247. The zero-order valence-corrected chi connectivity index (χ0v) is 12.3. The normalized spacial score (nSPS) is 12.5. The number of hydrogen-bond donors (Lipinski definition) is 1. The maximum atomic E-state index is 6.42. The van der Waals surface area contributed by atoms with Gasteiger partial charge in [-0.3, -0.25) is 0 Å². The molecule has 1 aromatic heterocycles. The molecular weight excluding hydrogens is 262 g/mol. The standard InChI is InChI=1S/C17H19N3O/c1-3-20-15-7-5-4-6-14(15)19-17(20)16(18)12-8-10-13(21-2)11-9-12/h4-11,16H,3,18H2,1-2H3. The first-order valence-corrected chi connectivity index (χ1v) is 7.09. The summed E-state index contributed by atoms with van der Waals surface area (Å²) < 4.78 is 7.36. The SMILES string of the molecule is CCn1c(C(N)c2ccc(OC)cc2)nc2ccccc21. The van der Waals surface area contributed by atoms with E-state index in [4.69, 9.17) is 15.5 Å². The predicted octanol–water partition coefficient (Wildman–Crippen LogP) is 3.11. The van der Waals surface area contributed by atoms with Gasteiger partial charge in [-0.2, -0.15) is 0 Å². The second-order valence-corrected chi connectivity index (χ2v) is 4.95. The minimum Gasteiger partial charge on any atom is -0.497 e. The molecule has 1 unspecified atom stereocenters. The van der Waals surface area contributed by atoms with Gasteiger partial charge in [0.2, 0.25) is 0 Å². The number of rotatable bonds is 4. The van der Waals surface area contributed by atoms with E-state index in [1.54, 1.807) is 7.11 Å². The number of nitrogens with two attached hydrogens (primary N) is 1. The van der Waals surface area contributed by atoms with Gasteiger partial charge in [-0.05, 0) is 36.8 Å². The van der Waals surface area contributed by atoms with Gasteiger partial charge in [0.15, 0.2) is 0 Å². The number of fused-ring (bicyclic) bond motifs is 1. The van der Waals surface area contributed by atoms with E-state index in [2.05, 4.69) is 17.6 Å². The van der Waals surface area contributed by atoms with Gasteiger partial charge in [0.25, 0.3) is 0 Å². The lowest BCUT2D eigenvalue weighted by molar-refractivity contribution is 0.414. The number of imidazole rings is 1. The molecule has 0 aliphatic rings. The maximum absolute atomic E-state index is 6.42. The smallest absolute Gasteiger partial charge is 0.131 e. The fraction of sp³-hybridized carbons (Fsp3) is 0.235. The van der Waals surface area contributed by atoms with Crippen LogP contribution in [0.2, 0.25) is 0 Å². The Morgan fingerprint density at radius 3 is 2.52 bits per heavy atom. The van der Waals surface area contributed by atoms with Crippen LogP contribution in [-0.4, -0.2) is 16.7 Å². The molecule has 2 N–H and O–H groups in total. The molecule has 4 heteroatoms. The molecule has 0 aliphatic heterocycles. The van der Waals surface area contributed by atoms with Crippen LogP contribution in [0.15, 0.2) is 48.5 Å². The zero-order chi connectivity index (χ0) is 14.8. The van der Waals surface area contributed by atoms with Crippen LogP contribution in [0.1, 0.15) is 24.4 Å². The number of aromatic nitrogens is 2. The van der Waals surface area contributed by atoms with Crippen LogP contribution >= 0.6 is 0 Å². The quantitative estimate of drug-likeness (QED) is 0.799. The van der Waals surface area contributed by atoms with Crippen LogP contribution in [0, 0.1) is 0 Å².